The maximum absolute atomic E-state index is 12.2. The molecule has 2 aliphatic heterocycles. The first kappa shape index (κ1) is 23.1. The minimum atomic E-state index is -0.834. The van der Waals surface area contributed by atoms with Crippen molar-refractivity contribution in [1.82, 2.24) is 9.88 Å². The lowest BCUT2D eigenvalue weighted by molar-refractivity contribution is -0.143. The molecule has 2 atom stereocenters. The molecule has 34 heavy (non-hydrogen) atoms. The number of benzene rings is 1. The summed E-state index contributed by atoms with van der Waals surface area (Å²) in [5, 5.41) is 13.4. The highest BCUT2D eigenvalue weighted by Crippen LogP contribution is 2.36. The molecule has 3 heterocycles. The first-order chi connectivity index (χ1) is 16.7. The zero-order chi connectivity index (χ0) is 23.3. The number of carbonyl (C=O) groups is 1. The molecule has 182 valence electrons. The van der Waals surface area contributed by atoms with Gasteiger partial charge in [-0.15, -0.1) is 0 Å². The zero-order valence-corrected chi connectivity index (χ0v) is 19.7. The summed E-state index contributed by atoms with van der Waals surface area (Å²) >= 11 is 0. The number of aromatic nitrogens is 1. The summed E-state index contributed by atoms with van der Waals surface area (Å²) in [7, 11) is 0. The Kier molecular flexibility index (Phi) is 7.30. The lowest BCUT2D eigenvalue weighted by atomic mass is 10.0. The molecule has 0 amide bonds. The van der Waals surface area contributed by atoms with Gasteiger partial charge >= 0.3 is 5.97 Å². The number of aryl methyl sites for hydroxylation is 2. The highest BCUT2D eigenvalue weighted by Gasteiger charge is 2.36. The van der Waals surface area contributed by atoms with Crippen molar-refractivity contribution in [3.63, 3.8) is 0 Å². The Morgan fingerprint density at radius 3 is 2.88 bits per heavy atom. The van der Waals surface area contributed by atoms with Gasteiger partial charge in [0.1, 0.15) is 17.6 Å². The molecule has 1 saturated heterocycles. The van der Waals surface area contributed by atoms with Crippen LogP contribution in [-0.2, 0) is 22.4 Å². The Labute approximate surface area is 201 Å². The standard InChI is InChI=1S/C27H35N3O4/c31-27(32)25(23-8-1-2-9-24(23)34-21-12-13-21)30-16-14-22(18-30)33-17-4-3-7-20-11-10-19-6-5-15-28-26(19)29-20/h1-2,8-11,21-22,25H,3-7,12-18H2,(H,28,29)(H,31,32)/t22-,25?/m1/s1. The first-order valence-corrected chi connectivity index (χ1v) is 12.7. The number of nitrogens with one attached hydrogen (secondary N) is 1. The normalized spacial score (nSPS) is 21.0. The molecule has 1 aromatic heterocycles. The number of pyridine rings is 1. The molecule has 0 radical (unpaired) electrons. The summed E-state index contributed by atoms with van der Waals surface area (Å²) in [6.45, 7) is 3.05. The van der Waals surface area contributed by atoms with Gasteiger partial charge in [0.05, 0.1) is 12.2 Å². The Morgan fingerprint density at radius 1 is 1.15 bits per heavy atom. The molecule has 0 bridgehead atoms. The van der Waals surface area contributed by atoms with Gasteiger partial charge in [-0.3, -0.25) is 9.69 Å². The van der Waals surface area contributed by atoms with Gasteiger partial charge in [-0.25, -0.2) is 4.98 Å². The molecule has 1 unspecified atom stereocenters. The third-order valence-corrected chi connectivity index (χ3v) is 6.94. The summed E-state index contributed by atoms with van der Waals surface area (Å²) in [5.41, 5.74) is 3.21. The molecule has 2 fully saturated rings. The van der Waals surface area contributed by atoms with Crippen LogP contribution in [0.4, 0.5) is 5.82 Å². The predicted molar refractivity (Wildman–Crippen MR) is 130 cm³/mol. The van der Waals surface area contributed by atoms with E-state index in [1.807, 2.05) is 29.2 Å². The number of carboxylic acids is 1. The fraction of sp³-hybridized carbons (Fsp3) is 0.556. The summed E-state index contributed by atoms with van der Waals surface area (Å²) in [6, 6.07) is 11.2. The Hall–Kier alpha value is -2.64. The molecule has 1 aromatic carbocycles. The van der Waals surface area contributed by atoms with Gasteiger partial charge in [-0.2, -0.15) is 0 Å². The molecular weight excluding hydrogens is 430 g/mol. The lowest BCUT2D eigenvalue weighted by Crippen LogP contribution is -2.33. The van der Waals surface area contributed by atoms with E-state index in [0.717, 1.165) is 68.6 Å². The minimum absolute atomic E-state index is 0.0735. The van der Waals surface area contributed by atoms with Crippen LogP contribution in [0.1, 0.15) is 61.4 Å². The maximum Gasteiger partial charge on any atom is 0.325 e. The monoisotopic (exact) mass is 465 g/mol. The van der Waals surface area contributed by atoms with Crippen LogP contribution in [0.5, 0.6) is 5.75 Å². The second-order valence-corrected chi connectivity index (χ2v) is 9.67. The van der Waals surface area contributed by atoms with Gasteiger partial charge in [-0.05, 0) is 69.1 Å². The maximum atomic E-state index is 12.2. The number of nitrogens with zero attached hydrogens (tertiary/aromatic N) is 2. The molecule has 0 spiro atoms. The molecule has 1 saturated carbocycles. The zero-order valence-electron chi connectivity index (χ0n) is 19.7. The number of fused-ring (bicyclic) bond motifs is 1. The fourth-order valence-electron chi connectivity index (χ4n) is 4.96. The number of ether oxygens (including phenoxy) is 2. The summed E-state index contributed by atoms with van der Waals surface area (Å²) in [4.78, 5) is 19.0. The van der Waals surface area contributed by atoms with Crippen molar-refractivity contribution >= 4 is 11.8 Å². The molecule has 5 rings (SSSR count). The van der Waals surface area contributed by atoms with Gasteiger partial charge < -0.3 is 19.9 Å². The molecule has 2 N–H and O–H groups in total. The van der Waals surface area contributed by atoms with Crippen LogP contribution in [0, 0.1) is 0 Å². The molecule has 7 nitrogen and oxygen atoms in total. The second kappa shape index (κ2) is 10.7. The van der Waals surface area contributed by atoms with Crippen molar-refractivity contribution in [2.45, 2.75) is 69.6 Å². The largest absolute Gasteiger partial charge is 0.490 e. The van der Waals surface area contributed by atoms with E-state index in [4.69, 9.17) is 14.5 Å². The van der Waals surface area contributed by atoms with Crippen molar-refractivity contribution in [3.8, 4) is 5.75 Å². The molecular formula is C27H35N3O4. The number of rotatable bonds is 11. The van der Waals surface area contributed by atoms with Crippen molar-refractivity contribution < 1.29 is 19.4 Å². The number of carboxylic acid groups (broad SMARTS) is 1. The number of aliphatic carboxylic acids is 1. The van der Waals surface area contributed by atoms with E-state index in [9.17, 15) is 9.90 Å². The fourth-order valence-corrected chi connectivity index (χ4v) is 4.96. The second-order valence-electron chi connectivity index (χ2n) is 9.67. The van der Waals surface area contributed by atoms with E-state index in [1.165, 1.54) is 12.0 Å². The third kappa shape index (κ3) is 5.70. The Bertz CT molecular complexity index is 994. The topological polar surface area (TPSA) is 83.9 Å². The van der Waals surface area contributed by atoms with Crippen LogP contribution in [0.25, 0.3) is 0 Å². The number of hydrogen-bond donors (Lipinski definition) is 2. The van der Waals surface area contributed by atoms with E-state index in [-0.39, 0.29) is 12.2 Å². The van der Waals surface area contributed by atoms with Crippen LogP contribution in [0.15, 0.2) is 36.4 Å². The predicted octanol–water partition coefficient (Wildman–Crippen LogP) is 4.22. The number of para-hydroxylation sites is 1. The molecule has 2 aromatic rings. The van der Waals surface area contributed by atoms with E-state index in [0.29, 0.717) is 25.4 Å². The van der Waals surface area contributed by atoms with E-state index in [1.54, 1.807) is 0 Å². The summed E-state index contributed by atoms with van der Waals surface area (Å²) in [6.07, 6.45) is 8.51. The van der Waals surface area contributed by atoms with Crippen LogP contribution in [0.3, 0.4) is 0 Å². The number of likely N-dealkylation sites (tertiary alicyclic amines) is 1. The average Bonchev–Trinajstić information content (AvgIpc) is 3.55. The molecule has 3 aliphatic rings. The van der Waals surface area contributed by atoms with E-state index in [2.05, 4.69) is 17.4 Å². The van der Waals surface area contributed by atoms with Crippen LogP contribution < -0.4 is 10.1 Å². The highest BCUT2D eigenvalue weighted by atomic mass is 16.5. The Morgan fingerprint density at radius 2 is 2.03 bits per heavy atom. The first-order valence-electron chi connectivity index (χ1n) is 12.7. The van der Waals surface area contributed by atoms with Crippen LogP contribution in [-0.4, -0.2) is 59.4 Å². The summed E-state index contributed by atoms with van der Waals surface area (Å²) < 4.78 is 12.1. The van der Waals surface area contributed by atoms with Crippen molar-refractivity contribution in [3.05, 3.63) is 53.2 Å². The van der Waals surface area contributed by atoms with Crippen molar-refractivity contribution in [2.24, 2.45) is 0 Å². The third-order valence-electron chi connectivity index (χ3n) is 6.94. The van der Waals surface area contributed by atoms with Crippen LogP contribution in [0.2, 0.25) is 0 Å². The van der Waals surface area contributed by atoms with E-state index < -0.39 is 12.0 Å². The average molecular weight is 466 g/mol. The van der Waals surface area contributed by atoms with Gasteiger partial charge in [0.25, 0.3) is 0 Å². The number of hydrogen-bond acceptors (Lipinski definition) is 6. The SMILES string of the molecule is O=C(O)C(c1ccccc1OC1CC1)N1CC[C@@H](OCCCCc2ccc3c(n2)NCCC3)C1. The minimum Gasteiger partial charge on any atom is -0.490 e. The summed E-state index contributed by atoms with van der Waals surface area (Å²) in [5.74, 6) is 0.926. The van der Waals surface area contributed by atoms with Crippen molar-refractivity contribution in [1.29, 1.82) is 0 Å². The highest BCUT2D eigenvalue weighted by molar-refractivity contribution is 5.76. The van der Waals surface area contributed by atoms with Gasteiger partial charge in [0.15, 0.2) is 0 Å². The van der Waals surface area contributed by atoms with Gasteiger partial charge in [0, 0.05) is 37.5 Å². The van der Waals surface area contributed by atoms with Gasteiger partial charge in [0.2, 0.25) is 0 Å². The quantitative estimate of drug-likeness (QED) is 0.481. The smallest absolute Gasteiger partial charge is 0.325 e. The Balaban J connectivity index is 1.08. The van der Waals surface area contributed by atoms with Gasteiger partial charge in [-0.1, -0.05) is 24.3 Å². The number of unbranched alkanes of at least 4 members (excludes halogenated alkanes) is 1. The lowest BCUT2D eigenvalue weighted by Gasteiger charge is -2.26. The van der Waals surface area contributed by atoms with Crippen LogP contribution >= 0.6 is 0 Å². The van der Waals surface area contributed by atoms with E-state index >= 15 is 0 Å². The van der Waals surface area contributed by atoms with Crippen molar-refractivity contribution in [2.75, 3.05) is 31.6 Å². The number of anilines is 1. The molecule has 7 heteroatoms. The molecule has 1 aliphatic carbocycles.